The Morgan fingerprint density at radius 3 is 2.75 bits per heavy atom. The summed E-state index contributed by atoms with van der Waals surface area (Å²) in [6.07, 6.45) is 4.33. The molecule has 2 heterocycles. The molecule has 0 unspecified atom stereocenters. The number of hydrogen-bond acceptors (Lipinski definition) is 4. The quantitative estimate of drug-likeness (QED) is 0.723. The van der Waals surface area contributed by atoms with Crippen LogP contribution in [0, 0.1) is 0 Å². The minimum atomic E-state index is -0.382. The second-order valence-corrected chi connectivity index (χ2v) is 4.03. The van der Waals surface area contributed by atoms with Crippen molar-refractivity contribution < 1.29 is 9.53 Å². The molecule has 0 atom stereocenters. The van der Waals surface area contributed by atoms with Gasteiger partial charge in [-0.3, -0.25) is 4.90 Å². The van der Waals surface area contributed by atoms with Crippen molar-refractivity contribution in [2.75, 3.05) is 20.2 Å². The van der Waals surface area contributed by atoms with Gasteiger partial charge in [0.25, 0.3) is 0 Å². The van der Waals surface area contributed by atoms with E-state index < -0.39 is 0 Å². The largest absolute Gasteiger partial charge is 0.464 e. The van der Waals surface area contributed by atoms with Crippen LogP contribution in [0.25, 0.3) is 0 Å². The molecule has 1 aliphatic heterocycles. The Labute approximate surface area is 95.2 Å². The molecule has 2 rings (SSSR count). The predicted molar refractivity (Wildman–Crippen MR) is 60.1 cm³/mol. The number of aromatic nitrogens is 1. The monoisotopic (exact) mass is 220 g/mol. The Morgan fingerprint density at radius 1 is 1.44 bits per heavy atom. The van der Waals surface area contributed by atoms with E-state index in [9.17, 15) is 4.79 Å². The van der Waals surface area contributed by atoms with Crippen molar-refractivity contribution in [1.82, 2.24) is 9.88 Å². The highest BCUT2D eigenvalue weighted by molar-refractivity contribution is 5.86. The first kappa shape index (κ1) is 11.1. The molecule has 0 spiro atoms. The van der Waals surface area contributed by atoms with Gasteiger partial charge in [-0.1, -0.05) is 6.07 Å². The molecule has 0 radical (unpaired) electrons. The summed E-state index contributed by atoms with van der Waals surface area (Å²) in [5, 5.41) is 0. The molecule has 4 nitrogen and oxygen atoms in total. The first-order chi connectivity index (χ1) is 7.79. The maximum atomic E-state index is 11.2. The molecule has 86 valence electrons. The third kappa shape index (κ3) is 2.58. The van der Waals surface area contributed by atoms with E-state index in [-0.39, 0.29) is 5.97 Å². The van der Waals surface area contributed by atoms with Gasteiger partial charge in [-0.15, -0.1) is 0 Å². The SMILES string of the molecule is COC(=O)c1ccc(CN2CCCC2)cn1. The van der Waals surface area contributed by atoms with Crippen LogP contribution in [0.1, 0.15) is 28.9 Å². The Bertz CT molecular complexity index is 356. The van der Waals surface area contributed by atoms with Crippen LogP contribution in [-0.2, 0) is 11.3 Å². The smallest absolute Gasteiger partial charge is 0.356 e. The maximum absolute atomic E-state index is 11.2. The van der Waals surface area contributed by atoms with Gasteiger partial charge in [-0.05, 0) is 37.6 Å². The lowest BCUT2D eigenvalue weighted by molar-refractivity contribution is 0.0594. The fraction of sp³-hybridized carbons (Fsp3) is 0.500. The summed E-state index contributed by atoms with van der Waals surface area (Å²) in [4.78, 5) is 17.7. The molecule has 0 bridgehead atoms. The lowest BCUT2D eigenvalue weighted by Crippen LogP contribution is -2.18. The van der Waals surface area contributed by atoms with Crippen LogP contribution in [0.4, 0.5) is 0 Å². The molecule has 1 saturated heterocycles. The van der Waals surface area contributed by atoms with E-state index in [1.165, 1.54) is 33.0 Å². The summed E-state index contributed by atoms with van der Waals surface area (Å²) in [6, 6.07) is 3.66. The Morgan fingerprint density at radius 2 is 2.19 bits per heavy atom. The average molecular weight is 220 g/mol. The number of ether oxygens (including phenoxy) is 1. The summed E-state index contributed by atoms with van der Waals surface area (Å²) in [5.41, 5.74) is 1.52. The molecular formula is C12H16N2O2. The van der Waals surface area contributed by atoms with E-state index in [1.807, 2.05) is 6.07 Å². The van der Waals surface area contributed by atoms with Gasteiger partial charge < -0.3 is 4.74 Å². The van der Waals surface area contributed by atoms with Crippen molar-refractivity contribution >= 4 is 5.97 Å². The fourth-order valence-electron chi connectivity index (χ4n) is 1.94. The molecule has 0 aromatic carbocycles. The van der Waals surface area contributed by atoms with E-state index in [2.05, 4.69) is 14.6 Å². The average Bonchev–Trinajstić information content (AvgIpc) is 2.82. The molecule has 0 aliphatic carbocycles. The van der Waals surface area contributed by atoms with Crippen molar-refractivity contribution in [1.29, 1.82) is 0 Å². The highest BCUT2D eigenvalue weighted by atomic mass is 16.5. The van der Waals surface area contributed by atoms with Gasteiger partial charge in [0.15, 0.2) is 0 Å². The topological polar surface area (TPSA) is 42.4 Å². The van der Waals surface area contributed by atoms with E-state index in [0.29, 0.717) is 5.69 Å². The Kier molecular flexibility index (Phi) is 3.51. The van der Waals surface area contributed by atoms with Gasteiger partial charge in [0.05, 0.1) is 7.11 Å². The van der Waals surface area contributed by atoms with Crippen molar-refractivity contribution in [3.8, 4) is 0 Å². The van der Waals surface area contributed by atoms with E-state index in [0.717, 1.165) is 12.1 Å². The summed E-state index contributed by atoms with van der Waals surface area (Å²) < 4.78 is 4.60. The lowest BCUT2D eigenvalue weighted by atomic mass is 10.2. The molecular weight excluding hydrogens is 204 g/mol. The molecule has 1 fully saturated rings. The van der Waals surface area contributed by atoms with Crippen LogP contribution in [0.15, 0.2) is 18.3 Å². The third-order valence-electron chi connectivity index (χ3n) is 2.82. The van der Waals surface area contributed by atoms with Gasteiger partial charge in [0.1, 0.15) is 5.69 Å². The van der Waals surface area contributed by atoms with Gasteiger partial charge in [0.2, 0.25) is 0 Å². The number of esters is 1. The van der Waals surface area contributed by atoms with Crippen LogP contribution in [0.3, 0.4) is 0 Å². The van der Waals surface area contributed by atoms with Crippen LogP contribution in [0.5, 0.6) is 0 Å². The number of hydrogen-bond donors (Lipinski definition) is 0. The molecule has 1 aliphatic rings. The molecule has 1 aromatic heterocycles. The number of rotatable bonds is 3. The van der Waals surface area contributed by atoms with Gasteiger partial charge >= 0.3 is 5.97 Å². The first-order valence-electron chi connectivity index (χ1n) is 5.55. The molecule has 0 amide bonds. The molecule has 0 N–H and O–H groups in total. The van der Waals surface area contributed by atoms with Gasteiger partial charge in [-0.2, -0.15) is 0 Å². The zero-order chi connectivity index (χ0) is 11.4. The summed E-state index contributed by atoms with van der Waals surface area (Å²) in [5.74, 6) is -0.382. The minimum Gasteiger partial charge on any atom is -0.464 e. The number of methoxy groups -OCH3 is 1. The minimum absolute atomic E-state index is 0.368. The number of likely N-dealkylation sites (tertiary alicyclic amines) is 1. The van der Waals surface area contributed by atoms with E-state index >= 15 is 0 Å². The highest BCUT2D eigenvalue weighted by Gasteiger charge is 2.12. The number of carbonyl (C=O) groups excluding carboxylic acids is 1. The van der Waals surface area contributed by atoms with E-state index in [4.69, 9.17) is 0 Å². The molecule has 4 heteroatoms. The highest BCUT2D eigenvalue weighted by Crippen LogP contribution is 2.12. The van der Waals surface area contributed by atoms with E-state index in [1.54, 1.807) is 12.3 Å². The first-order valence-corrected chi connectivity index (χ1v) is 5.55. The predicted octanol–water partition coefficient (Wildman–Crippen LogP) is 1.46. The summed E-state index contributed by atoms with van der Waals surface area (Å²) >= 11 is 0. The fourth-order valence-corrected chi connectivity index (χ4v) is 1.94. The number of pyridine rings is 1. The van der Waals surface area contributed by atoms with Crippen molar-refractivity contribution in [3.63, 3.8) is 0 Å². The second kappa shape index (κ2) is 5.07. The Hall–Kier alpha value is -1.42. The van der Waals surface area contributed by atoms with Crippen molar-refractivity contribution in [3.05, 3.63) is 29.6 Å². The molecule has 0 saturated carbocycles. The van der Waals surface area contributed by atoms with Crippen LogP contribution >= 0.6 is 0 Å². The summed E-state index contributed by atoms with van der Waals surface area (Å²) in [6.45, 7) is 3.26. The zero-order valence-electron chi connectivity index (χ0n) is 9.48. The Balaban J connectivity index is 1.98. The van der Waals surface area contributed by atoms with Crippen molar-refractivity contribution in [2.24, 2.45) is 0 Å². The number of nitrogens with zero attached hydrogens (tertiary/aromatic N) is 2. The normalized spacial score (nSPS) is 16.3. The van der Waals surface area contributed by atoms with Gasteiger partial charge in [-0.25, -0.2) is 9.78 Å². The lowest BCUT2D eigenvalue weighted by Gasteiger charge is -2.13. The molecule has 16 heavy (non-hydrogen) atoms. The standard InChI is InChI=1S/C12H16N2O2/c1-16-12(15)11-5-4-10(8-13-11)9-14-6-2-3-7-14/h4-5,8H,2-3,6-7,9H2,1H3. The van der Waals surface area contributed by atoms with Crippen LogP contribution in [-0.4, -0.2) is 36.1 Å². The molecule has 1 aromatic rings. The van der Waals surface area contributed by atoms with Gasteiger partial charge in [0, 0.05) is 12.7 Å². The second-order valence-electron chi connectivity index (χ2n) is 4.03. The number of carbonyl (C=O) groups is 1. The van der Waals surface area contributed by atoms with Crippen LogP contribution in [0.2, 0.25) is 0 Å². The zero-order valence-corrected chi connectivity index (χ0v) is 9.48. The van der Waals surface area contributed by atoms with Crippen LogP contribution < -0.4 is 0 Å². The third-order valence-corrected chi connectivity index (χ3v) is 2.82. The maximum Gasteiger partial charge on any atom is 0.356 e. The van der Waals surface area contributed by atoms with Crippen molar-refractivity contribution in [2.45, 2.75) is 19.4 Å². The summed E-state index contributed by atoms with van der Waals surface area (Å²) in [7, 11) is 1.36.